The SMILES string of the molecule is CNC1CCN(C(=O)C2CCN(C)C2)C1. The number of amides is 1. The molecule has 4 nitrogen and oxygen atoms in total. The van der Waals surface area contributed by atoms with E-state index in [9.17, 15) is 4.79 Å². The van der Waals surface area contributed by atoms with Crippen molar-refractivity contribution in [1.82, 2.24) is 15.1 Å². The summed E-state index contributed by atoms with van der Waals surface area (Å²) in [4.78, 5) is 16.4. The van der Waals surface area contributed by atoms with Gasteiger partial charge in [-0.2, -0.15) is 0 Å². The second kappa shape index (κ2) is 4.49. The average Bonchev–Trinajstić information content (AvgIpc) is 2.84. The van der Waals surface area contributed by atoms with E-state index in [0.29, 0.717) is 11.9 Å². The summed E-state index contributed by atoms with van der Waals surface area (Å²) in [6.45, 7) is 3.85. The summed E-state index contributed by atoms with van der Waals surface area (Å²) >= 11 is 0. The molecule has 2 saturated heterocycles. The lowest BCUT2D eigenvalue weighted by Gasteiger charge is -2.20. The highest BCUT2D eigenvalue weighted by atomic mass is 16.2. The van der Waals surface area contributed by atoms with Crippen LogP contribution >= 0.6 is 0 Å². The zero-order valence-electron chi connectivity index (χ0n) is 9.70. The van der Waals surface area contributed by atoms with E-state index in [-0.39, 0.29) is 5.92 Å². The van der Waals surface area contributed by atoms with E-state index in [1.807, 2.05) is 11.9 Å². The first-order valence-electron chi connectivity index (χ1n) is 5.85. The van der Waals surface area contributed by atoms with E-state index in [4.69, 9.17) is 0 Å². The summed E-state index contributed by atoms with van der Waals surface area (Å²) in [6.07, 6.45) is 2.14. The normalized spacial score (nSPS) is 32.5. The molecule has 2 heterocycles. The van der Waals surface area contributed by atoms with Crippen LogP contribution in [0.15, 0.2) is 0 Å². The average molecular weight is 211 g/mol. The number of carbonyl (C=O) groups is 1. The van der Waals surface area contributed by atoms with Gasteiger partial charge in [0.05, 0.1) is 5.92 Å². The number of hydrogen-bond acceptors (Lipinski definition) is 3. The Morgan fingerprint density at radius 1 is 1.27 bits per heavy atom. The zero-order chi connectivity index (χ0) is 10.8. The molecule has 0 aromatic rings. The van der Waals surface area contributed by atoms with Gasteiger partial charge in [0, 0.05) is 25.7 Å². The van der Waals surface area contributed by atoms with Gasteiger partial charge in [0.25, 0.3) is 0 Å². The second-order valence-electron chi connectivity index (χ2n) is 4.81. The maximum atomic E-state index is 12.1. The van der Waals surface area contributed by atoms with Gasteiger partial charge in [-0.3, -0.25) is 4.79 Å². The number of hydrogen-bond donors (Lipinski definition) is 1. The van der Waals surface area contributed by atoms with Gasteiger partial charge in [0.2, 0.25) is 5.91 Å². The molecule has 1 amide bonds. The van der Waals surface area contributed by atoms with Crippen LogP contribution in [0.5, 0.6) is 0 Å². The molecule has 0 aromatic carbocycles. The fourth-order valence-corrected chi connectivity index (χ4v) is 2.59. The zero-order valence-corrected chi connectivity index (χ0v) is 9.70. The number of nitrogens with one attached hydrogen (secondary N) is 1. The summed E-state index contributed by atoms with van der Waals surface area (Å²) in [5.74, 6) is 0.628. The van der Waals surface area contributed by atoms with Crippen LogP contribution in [0.3, 0.4) is 0 Å². The predicted molar refractivity (Wildman–Crippen MR) is 59.6 cm³/mol. The molecule has 86 valence electrons. The summed E-state index contributed by atoms with van der Waals surface area (Å²) in [5, 5.41) is 3.24. The molecule has 2 aliphatic rings. The summed E-state index contributed by atoms with van der Waals surface area (Å²) in [6, 6.07) is 0.507. The third kappa shape index (κ3) is 2.32. The topological polar surface area (TPSA) is 35.6 Å². The first-order chi connectivity index (χ1) is 7.20. The van der Waals surface area contributed by atoms with Gasteiger partial charge in [-0.1, -0.05) is 0 Å². The second-order valence-corrected chi connectivity index (χ2v) is 4.81. The van der Waals surface area contributed by atoms with Crippen molar-refractivity contribution < 1.29 is 4.79 Å². The van der Waals surface area contributed by atoms with Gasteiger partial charge in [0.15, 0.2) is 0 Å². The molecule has 0 aromatic heterocycles. The number of likely N-dealkylation sites (N-methyl/N-ethyl adjacent to an activating group) is 1. The molecule has 4 heteroatoms. The fraction of sp³-hybridized carbons (Fsp3) is 0.909. The number of likely N-dealkylation sites (tertiary alicyclic amines) is 2. The van der Waals surface area contributed by atoms with E-state index < -0.39 is 0 Å². The molecule has 2 unspecified atom stereocenters. The Balaban J connectivity index is 1.86. The Morgan fingerprint density at radius 3 is 2.60 bits per heavy atom. The van der Waals surface area contributed by atoms with E-state index >= 15 is 0 Å². The molecule has 2 aliphatic heterocycles. The van der Waals surface area contributed by atoms with E-state index in [0.717, 1.165) is 39.0 Å². The van der Waals surface area contributed by atoms with Crippen molar-refractivity contribution in [3.05, 3.63) is 0 Å². The molecular weight excluding hydrogens is 190 g/mol. The minimum atomic E-state index is 0.255. The van der Waals surface area contributed by atoms with E-state index in [1.165, 1.54) is 0 Å². The van der Waals surface area contributed by atoms with Crippen molar-refractivity contribution in [3.63, 3.8) is 0 Å². The van der Waals surface area contributed by atoms with Crippen LogP contribution in [0.1, 0.15) is 12.8 Å². The van der Waals surface area contributed by atoms with Crippen molar-refractivity contribution >= 4 is 5.91 Å². The third-order valence-electron chi connectivity index (χ3n) is 3.65. The maximum Gasteiger partial charge on any atom is 0.227 e. The Labute approximate surface area is 91.6 Å². The van der Waals surface area contributed by atoms with Crippen LogP contribution in [-0.2, 0) is 4.79 Å². The van der Waals surface area contributed by atoms with E-state index in [2.05, 4.69) is 17.3 Å². The van der Waals surface area contributed by atoms with Gasteiger partial charge in [-0.25, -0.2) is 0 Å². The van der Waals surface area contributed by atoms with Gasteiger partial charge < -0.3 is 15.1 Å². The first-order valence-corrected chi connectivity index (χ1v) is 5.85. The fourth-order valence-electron chi connectivity index (χ4n) is 2.59. The van der Waals surface area contributed by atoms with Crippen molar-refractivity contribution in [2.24, 2.45) is 5.92 Å². The molecular formula is C11H21N3O. The smallest absolute Gasteiger partial charge is 0.227 e. The molecule has 2 fully saturated rings. The molecule has 0 bridgehead atoms. The van der Waals surface area contributed by atoms with Crippen molar-refractivity contribution in [2.45, 2.75) is 18.9 Å². The van der Waals surface area contributed by atoms with E-state index in [1.54, 1.807) is 0 Å². The van der Waals surface area contributed by atoms with Crippen LogP contribution in [0, 0.1) is 5.92 Å². The van der Waals surface area contributed by atoms with Crippen molar-refractivity contribution in [2.75, 3.05) is 40.3 Å². The van der Waals surface area contributed by atoms with Crippen molar-refractivity contribution in [3.8, 4) is 0 Å². The van der Waals surface area contributed by atoms with Gasteiger partial charge in [-0.15, -0.1) is 0 Å². The highest BCUT2D eigenvalue weighted by Crippen LogP contribution is 2.20. The first kappa shape index (κ1) is 10.9. The largest absolute Gasteiger partial charge is 0.341 e. The third-order valence-corrected chi connectivity index (χ3v) is 3.65. The van der Waals surface area contributed by atoms with Gasteiger partial charge >= 0.3 is 0 Å². The van der Waals surface area contributed by atoms with Crippen LogP contribution in [0.25, 0.3) is 0 Å². The van der Waals surface area contributed by atoms with Crippen LogP contribution in [0.2, 0.25) is 0 Å². The lowest BCUT2D eigenvalue weighted by Crippen LogP contribution is -2.37. The molecule has 0 saturated carbocycles. The minimum absolute atomic E-state index is 0.255. The predicted octanol–water partition coefficient (Wildman–Crippen LogP) is -0.242. The Bertz CT molecular complexity index is 244. The molecule has 0 spiro atoms. The summed E-state index contributed by atoms with van der Waals surface area (Å²) < 4.78 is 0. The molecule has 1 N–H and O–H groups in total. The minimum Gasteiger partial charge on any atom is -0.341 e. The Kier molecular flexibility index (Phi) is 3.26. The number of carbonyl (C=O) groups excluding carboxylic acids is 1. The van der Waals surface area contributed by atoms with Crippen LogP contribution in [-0.4, -0.2) is 62.0 Å². The molecule has 0 aliphatic carbocycles. The Morgan fingerprint density at radius 2 is 2.07 bits per heavy atom. The monoisotopic (exact) mass is 211 g/mol. The Hall–Kier alpha value is -0.610. The quantitative estimate of drug-likeness (QED) is 0.684. The summed E-state index contributed by atoms with van der Waals surface area (Å²) in [5.41, 5.74) is 0. The van der Waals surface area contributed by atoms with Gasteiger partial charge in [-0.05, 0) is 33.5 Å². The van der Waals surface area contributed by atoms with Crippen LogP contribution < -0.4 is 5.32 Å². The summed E-state index contributed by atoms with van der Waals surface area (Å²) in [7, 11) is 4.07. The highest BCUT2D eigenvalue weighted by Gasteiger charge is 2.33. The number of nitrogens with zero attached hydrogens (tertiary/aromatic N) is 2. The van der Waals surface area contributed by atoms with Crippen molar-refractivity contribution in [1.29, 1.82) is 0 Å². The number of rotatable bonds is 2. The molecule has 0 radical (unpaired) electrons. The molecule has 2 atom stereocenters. The lowest BCUT2D eigenvalue weighted by atomic mass is 10.1. The molecule has 15 heavy (non-hydrogen) atoms. The standard InChI is InChI=1S/C11H21N3O/c1-12-10-4-6-14(8-10)11(15)9-3-5-13(2)7-9/h9-10,12H,3-8H2,1-2H3. The van der Waals surface area contributed by atoms with Gasteiger partial charge in [0.1, 0.15) is 0 Å². The lowest BCUT2D eigenvalue weighted by molar-refractivity contribution is -0.134. The van der Waals surface area contributed by atoms with Crippen LogP contribution in [0.4, 0.5) is 0 Å². The highest BCUT2D eigenvalue weighted by molar-refractivity contribution is 5.79. The molecule has 2 rings (SSSR count). The maximum absolute atomic E-state index is 12.1.